The smallest absolute Gasteiger partial charge is 0.407 e. The van der Waals surface area contributed by atoms with Crippen LogP contribution < -0.4 is 5.32 Å². The van der Waals surface area contributed by atoms with Gasteiger partial charge in [-0.3, -0.25) is 4.98 Å². The lowest BCUT2D eigenvalue weighted by Crippen LogP contribution is -2.49. The van der Waals surface area contributed by atoms with Crippen molar-refractivity contribution in [1.82, 2.24) is 9.88 Å². The number of hydrogen-bond acceptors (Lipinski definition) is 3. The van der Waals surface area contributed by atoms with Gasteiger partial charge in [-0.1, -0.05) is 0 Å². The molecule has 1 amide bonds. The average Bonchev–Trinajstić information content (AvgIpc) is 2.31. The van der Waals surface area contributed by atoms with Gasteiger partial charge in [0.2, 0.25) is 0 Å². The van der Waals surface area contributed by atoms with Crippen molar-refractivity contribution >= 4 is 27.7 Å². The van der Waals surface area contributed by atoms with E-state index in [2.05, 4.69) is 26.2 Å². The van der Waals surface area contributed by atoms with E-state index < -0.39 is 12.3 Å². The SMILES string of the molecule is O=C(O)N1CC[C@H](Nc2cncc(Br)c2)[C@H](F)C1. The lowest BCUT2D eigenvalue weighted by Gasteiger charge is -2.33. The van der Waals surface area contributed by atoms with Crippen LogP contribution in [0.2, 0.25) is 0 Å². The Kier molecular flexibility index (Phi) is 4.00. The number of pyridine rings is 1. The van der Waals surface area contributed by atoms with Gasteiger partial charge in [-0.15, -0.1) is 0 Å². The summed E-state index contributed by atoms with van der Waals surface area (Å²) in [4.78, 5) is 15.8. The zero-order chi connectivity index (χ0) is 13.1. The molecule has 2 N–H and O–H groups in total. The van der Waals surface area contributed by atoms with Gasteiger partial charge in [-0.05, 0) is 28.4 Å². The number of alkyl halides is 1. The molecule has 0 aliphatic carbocycles. The quantitative estimate of drug-likeness (QED) is 0.878. The third-order valence-electron chi connectivity index (χ3n) is 2.87. The maximum Gasteiger partial charge on any atom is 0.407 e. The van der Waals surface area contributed by atoms with Crippen LogP contribution in [0.4, 0.5) is 14.9 Å². The molecule has 0 unspecified atom stereocenters. The van der Waals surface area contributed by atoms with Gasteiger partial charge in [0.25, 0.3) is 0 Å². The Hall–Kier alpha value is -1.37. The van der Waals surface area contributed by atoms with Crippen molar-refractivity contribution in [3.05, 3.63) is 22.9 Å². The van der Waals surface area contributed by atoms with Gasteiger partial charge in [0.05, 0.1) is 24.5 Å². The molecule has 2 rings (SSSR count). The van der Waals surface area contributed by atoms with Crippen molar-refractivity contribution in [1.29, 1.82) is 0 Å². The van der Waals surface area contributed by atoms with Crippen molar-refractivity contribution in [2.45, 2.75) is 18.6 Å². The van der Waals surface area contributed by atoms with Gasteiger partial charge in [-0.25, -0.2) is 9.18 Å². The molecule has 7 heteroatoms. The van der Waals surface area contributed by atoms with Gasteiger partial charge in [-0.2, -0.15) is 0 Å². The van der Waals surface area contributed by atoms with E-state index in [0.717, 1.165) is 15.1 Å². The number of rotatable bonds is 2. The molecule has 2 atom stereocenters. The number of carbonyl (C=O) groups is 1. The second-order valence-corrected chi connectivity index (χ2v) is 5.09. The average molecular weight is 318 g/mol. The summed E-state index contributed by atoms with van der Waals surface area (Å²) in [6.45, 7) is 0.253. The first-order valence-corrected chi connectivity index (χ1v) is 6.34. The highest BCUT2D eigenvalue weighted by molar-refractivity contribution is 9.10. The third kappa shape index (κ3) is 3.10. The molecule has 18 heavy (non-hydrogen) atoms. The number of halogens is 2. The summed E-state index contributed by atoms with van der Waals surface area (Å²) in [5.41, 5.74) is 0.723. The summed E-state index contributed by atoms with van der Waals surface area (Å²) in [6, 6.07) is 1.43. The highest BCUT2D eigenvalue weighted by Gasteiger charge is 2.31. The lowest BCUT2D eigenvalue weighted by atomic mass is 10.0. The monoisotopic (exact) mass is 317 g/mol. The van der Waals surface area contributed by atoms with Gasteiger partial charge < -0.3 is 15.3 Å². The van der Waals surface area contributed by atoms with Crippen LogP contribution in [0.3, 0.4) is 0 Å². The molecule has 0 aromatic carbocycles. The summed E-state index contributed by atoms with van der Waals surface area (Å²) >= 11 is 3.29. The van der Waals surface area contributed by atoms with Crippen molar-refractivity contribution in [3.8, 4) is 0 Å². The largest absolute Gasteiger partial charge is 0.465 e. The Morgan fingerprint density at radius 3 is 3.00 bits per heavy atom. The van der Waals surface area contributed by atoms with E-state index in [0.29, 0.717) is 13.0 Å². The Labute approximate surface area is 112 Å². The van der Waals surface area contributed by atoms with Crippen LogP contribution in [0.25, 0.3) is 0 Å². The molecular weight excluding hydrogens is 305 g/mol. The third-order valence-corrected chi connectivity index (χ3v) is 3.30. The highest BCUT2D eigenvalue weighted by Crippen LogP contribution is 2.20. The van der Waals surface area contributed by atoms with Crippen LogP contribution in [-0.2, 0) is 0 Å². The predicted octanol–water partition coefficient (Wildman–Crippen LogP) is 2.35. The number of amides is 1. The molecule has 0 bridgehead atoms. The van der Waals surface area contributed by atoms with Crippen LogP contribution in [0, 0.1) is 0 Å². The molecular formula is C11H13BrFN3O2. The normalized spacial score (nSPS) is 23.8. The molecule has 2 heterocycles. The van der Waals surface area contributed by atoms with Crippen LogP contribution >= 0.6 is 15.9 Å². The first-order valence-electron chi connectivity index (χ1n) is 5.55. The fraction of sp³-hybridized carbons (Fsp3) is 0.455. The second-order valence-electron chi connectivity index (χ2n) is 4.18. The van der Waals surface area contributed by atoms with Crippen LogP contribution in [-0.4, -0.2) is 46.4 Å². The number of piperidine rings is 1. The molecule has 98 valence electrons. The number of anilines is 1. The molecule has 1 aromatic heterocycles. The molecule has 0 spiro atoms. The number of aromatic nitrogens is 1. The van der Waals surface area contributed by atoms with Crippen molar-refractivity contribution in [2.24, 2.45) is 0 Å². The van der Waals surface area contributed by atoms with E-state index in [1.54, 1.807) is 12.4 Å². The van der Waals surface area contributed by atoms with Crippen molar-refractivity contribution in [2.75, 3.05) is 18.4 Å². The lowest BCUT2D eigenvalue weighted by molar-refractivity contribution is 0.101. The van der Waals surface area contributed by atoms with Gasteiger partial charge >= 0.3 is 6.09 Å². The number of nitrogens with zero attached hydrogens (tertiary/aromatic N) is 2. The molecule has 1 aliphatic rings. The predicted molar refractivity (Wildman–Crippen MR) is 68.5 cm³/mol. The molecule has 5 nitrogen and oxygen atoms in total. The molecule has 1 saturated heterocycles. The molecule has 1 aromatic rings. The van der Waals surface area contributed by atoms with Crippen molar-refractivity contribution < 1.29 is 14.3 Å². The summed E-state index contributed by atoms with van der Waals surface area (Å²) in [7, 11) is 0. The molecule has 1 aliphatic heterocycles. The van der Waals surface area contributed by atoms with E-state index in [9.17, 15) is 9.18 Å². The van der Waals surface area contributed by atoms with E-state index in [1.807, 2.05) is 6.07 Å². The molecule has 0 saturated carbocycles. The Balaban J connectivity index is 1.97. The van der Waals surface area contributed by atoms with E-state index in [4.69, 9.17) is 5.11 Å². The number of nitrogens with one attached hydrogen (secondary N) is 1. The fourth-order valence-electron chi connectivity index (χ4n) is 1.95. The zero-order valence-corrected chi connectivity index (χ0v) is 11.1. The number of hydrogen-bond donors (Lipinski definition) is 2. The van der Waals surface area contributed by atoms with E-state index in [-0.39, 0.29) is 12.6 Å². The standard InChI is InChI=1S/C11H13BrFN3O2/c12-7-3-8(5-14-4-7)15-10-1-2-16(11(17)18)6-9(10)13/h3-5,9-10,15H,1-2,6H2,(H,17,18)/t9-,10+/m1/s1. The second kappa shape index (κ2) is 5.51. The maximum atomic E-state index is 13.8. The summed E-state index contributed by atoms with van der Waals surface area (Å²) in [5.74, 6) is 0. The summed E-state index contributed by atoms with van der Waals surface area (Å²) in [6.07, 6.45) is 1.42. The highest BCUT2D eigenvalue weighted by atomic mass is 79.9. The minimum absolute atomic E-state index is 0.0889. The Morgan fingerprint density at radius 2 is 2.39 bits per heavy atom. The Bertz CT molecular complexity index is 446. The Morgan fingerprint density at radius 1 is 1.61 bits per heavy atom. The number of carboxylic acid groups (broad SMARTS) is 1. The van der Waals surface area contributed by atoms with Crippen LogP contribution in [0.5, 0.6) is 0 Å². The molecule has 0 radical (unpaired) electrons. The molecule has 1 fully saturated rings. The van der Waals surface area contributed by atoms with Gasteiger partial charge in [0.15, 0.2) is 0 Å². The first kappa shape index (κ1) is 13.1. The first-order chi connectivity index (χ1) is 8.56. The topological polar surface area (TPSA) is 65.5 Å². The zero-order valence-electron chi connectivity index (χ0n) is 9.51. The van der Waals surface area contributed by atoms with Crippen LogP contribution in [0.15, 0.2) is 22.9 Å². The van der Waals surface area contributed by atoms with Crippen LogP contribution in [0.1, 0.15) is 6.42 Å². The summed E-state index contributed by atoms with van der Waals surface area (Å²) in [5, 5.41) is 11.8. The minimum Gasteiger partial charge on any atom is -0.465 e. The van der Waals surface area contributed by atoms with Crippen molar-refractivity contribution in [3.63, 3.8) is 0 Å². The fourth-order valence-corrected chi connectivity index (χ4v) is 2.31. The number of likely N-dealkylation sites (tertiary alicyclic amines) is 1. The minimum atomic E-state index is -1.21. The maximum absolute atomic E-state index is 13.8. The van der Waals surface area contributed by atoms with Gasteiger partial charge in [0, 0.05) is 17.2 Å². The summed E-state index contributed by atoms with van der Waals surface area (Å²) < 4.78 is 14.7. The van der Waals surface area contributed by atoms with E-state index in [1.165, 1.54) is 0 Å². The van der Waals surface area contributed by atoms with Gasteiger partial charge in [0.1, 0.15) is 6.17 Å². The van der Waals surface area contributed by atoms with E-state index >= 15 is 0 Å².